The van der Waals surface area contributed by atoms with E-state index in [0.29, 0.717) is 22.6 Å². The molecule has 428 valence electrons. The van der Waals surface area contributed by atoms with Gasteiger partial charge in [0.05, 0.1) is 16.1 Å². The van der Waals surface area contributed by atoms with Crippen LogP contribution in [-0.4, -0.2) is 23.9 Å². The molecule has 6 rings (SSSR count). The second kappa shape index (κ2) is 37.1. The molecule has 9 heteroatoms. The van der Waals surface area contributed by atoms with Crippen molar-refractivity contribution >= 4 is 47.6 Å². The van der Waals surface area contributed by atoms with Crippen LogP contribution in [0.4, 0.5) is 0 Å². The van der Waals surface area contributed by atoms with Crippen LogP contribution in [0.25, 0.3) is 23.3 Å². The molecule has 0 bridgehead atoms. The van der Waals surface area contributed by atoms with Crippen LogP contribution in [0.1, 0.15) is 211 Å². The minimum atomic E-state index is -0.641. The second-order valence-electron chi connectivity index (χ2n) is 21.3. The number of halogens is 1. The van der Waals surface area contributed by atoms with E-state index in [4.69, 9.17) is 30.5 Å². The molecule has 6 aromatic carbocycles. The number of hydrogen-bond acceptors (Lipinski definition) is 8. The quantitative estimate of drug-likeness (QED) is 0.0164. The Morgan fingerprint density at radius 1 is 0.370 bits per heavy atom. The number of aryl methyl sites for hydroxylation is 2. The first kappa shape index (κ1) is 63.2. The van der Waals surface area contributed by atoms with Crippen LogP contribution in [0, 0.1) is 0 Å². The SMILES string of the molecule is CCCCCCCCCCCCCCc1ccc(/C=C/C(=O)Oc2ccc(C(=O)Oc3cccc(-c4ccc(OC(=O)c5ccc(OC(=O)/C=C/c6ccc(CCCCCCCCCCCCCC)cc6)cc5)c(Cl)c4)c3)cc2)cc1. The van der Waals surface area contributed by atoms with Crippen molar-refractivity contribution in [2.75, 3.05) is 0 Å². The topological polar surface area (TPSA) is 105 Å². The van der Waals surface area contributed by atoms with Crippen LogP contribution in [0.15, 0.2) is 152 Å². The van der Waals surface area contributed by atoms with Gasteiger partial charge >= 0.3 is 23.9 Å². The van der Waals surface area contributed by atoms with Gasteiger partial charge in [0.2, 0.25) is 0 Å². The third kappa shape index (κ3) is 24.7. The molecule has 0 spiro atoms. The molecule has 0 unspecified atom stereocenters. The summed E-state index contributed by atoms with van der Waals surface area (Å²) in [6.45, 7) is 4.53. The predicted molar refractivity (Wildman–Crippen MR) is 331 cm³/mol. The van der Waals surface area contributed by atoms with Crippen LogP contribution < -0.4 is 18.9 Å². The summed E-state index contributed by atoms with van der Waals surface area (Å²) in [4.78, 5) is 51.5. The smallest absolute Gasteiger partial charge is 0.343 e. The predicted octanol–water partition coefficient (Wildman–Crippen LogP) is 20.2. The average Bonchev–Trinajstić information content (AvgIpc) is 3.51. The second-order valence-corrected chi connectivity index (χ2v) is 21.7. The zero-order valence-corrected chi connectivity index (χ0v) is 48.9. The van der Waals surface area contributed by atoms with Gasteiger partial charge < -0.3 is 18.9 Å². The van der Waals surface area contributed by atoms with Gasteiger partial charge in [0.15, 0.2) is 0 Å². The molecule has 81 heavy (non-hydrogen) atoms. The van der Waals surface area contributed by atoms with Crippen molar-refractivity contribution in [2.24, 2.45) is 0 Å². The average molecular weight is 1110 g/mol. The van der Waals surface area contributed by atoms with Gasteiger partial charge in [0.25, 0.3) is 0 Å². The van der Waals surface area contributed by atoms with Gasteiger partial charge in [-0.25, -0.2) is 19.2 Å². The molecule has 0 saturated carbocycles. The molecule has 0 atom stereocenters. The molecule has 0 aromatic heterocycles. The standard InChI is InChI=1S/C72H85ClO8/c1-3-5-7-9-11-13-15-17-19-21-23-25-28-56-32-36-58(37-33-56)40-52-69(74)78-64-47-42-60(43-48-64)71(76)80-66-31-27-30-62(54-66)63-46-51-68(67(73)55-63)81-72(77)61-44-49-65(50-45-61)79-70(75)53-41-59-38-34-57(35-39-59)29-26-24-22-20-18-16-14-12-10-8-6-4-2/h27,30-55H,3-26,28-29H2,1-2H3/b52-40+,53-41+. The van der Waals surface area contributed by atoms with E-state index < -0.39 is 23.9 Å². The fraction of sp³-hybridized carbons (Fsp3) is 0.389. The lowest BCUT2D eigenvalue weighted by atomic mass is 10.0. The number of esters is 4. The number of ether oxygens (including phenoxy) is 4. The Morgan fingerprint density at radius 2 is 0.753 bits per heavy atom. The van der Waals surface area contributed by atoms with E-state index in [1.54, 1.807) is 60.7 Å². The largest absolute Gasteiger partial charge is 0.423 e. The van der Waals surface area contributed by atoms with Crippen molar-refractivity contribution in [3.05, 3.63) is 190 Å². The molecule has 0 amide bonds. The summed E-state index contributed by atoms with van der Waals surface area (Å²) in [5.74, 6) is -1.26. The third-order valence-corrected chi connectivity index (χ3v) is 14.8. The maximum Gasteiger partial charge on any atom is 0.343 e. The fourth-order valence-electron chi connectivity index (χ4n) is 9.71. The highest BCUT2D eigenvalue weighted by Crippen LogP contribution is 2.33. The normalized spacial score (nSPS) is 11.3. The highest BCUT2D eigenvalue weighted by Gasteiger charge is 2.15. The summed E-state index contributed by atoms with van der Waals surface area (Å²) in [6.07, 6.45) is 40.4. The van der Waals surface area contributed by atoms with Crippen molar-refractivity contribution < 1.29 is 38.1 Å². The van der Waals surface area contributed by atoms with Crippen LogP contribution in [0.5, 0.6) is 23.0 Å². The molecule has 0 saturated heterocycles. The number of benzene rings is 6. The Morgan fingerprint density at radius 3 is 1.16 bits per heavy atom. The van der Waals surface area contributed by atoms with Gasteiger partial charge in [-0.05, 0) is 144 Å². The van der Waals surface area contributed by atoms with E-state index in [1.807, 2.05) is 30.3 Å². The lowest BCUT2D eigenvalue weighted by molar-refractivity contribution is -0.129. The van der Waals surface area contributed by atoms with E-state index in [9.17, 15) is 19.2 Å². The Hall–Kier alpha value is -7.03. The molecule has 0 aliphatic carbocycles. The molecule has 0 heterocycles. The van der Waals surface area contributed by atoms with Crippen molar-refractivity contribution in [1.82, 2.24) is 0 Å². The number of carbonyl (C=O) groups is 4. The van der Waals surface area contributed by atoms with Crippen molar-refractivity contribution in [3.8, 4) is 34.1 Å². The van der Waals surface area contributed by atoms with Crippen molar-refractivity contribution in [3.63, 3.8) is 0 Å². The third-order valence-electron chi connectivity index (χ3n) is 14.6. The van der Waals surface area contributed by atoms with Crippen molar-refractivity contribution in [2.45, 2.75) is 181 Å². The Bertz CT molecular complexity index is 2870. The Balaban J connectivity index is 0.862. The van der Waals surface area contributed by atoms with Gasteiger partial charge in [-0.3, -0.25) is 0 Å². The molecule has 0 radical (unpaired) electrons. The Kier molecular flexibility index (Phi) is 28.9. The monoisotopic (exact) mass is 1110 g/mol. The van der Waals surface area contributed by atoms with Gasteiger partial charge in [-0.2, -0.15) is 0 Å². The summed E-state index contributed by atoms with van der Waals surface area (Å²) in [6, 6.07) is 40.7. The zero-order valence-electron chi connectivity index (χ0n) is 48.1. The number of carbonyl (C=O) groups excluding carboxylic acids is 4. The van der Waals surface area contributed by atoms with Crippen LogP contribution >= 0.6 is 11.6 Å². The molecule has 0 aliphatic heterocycles. The number of unbranched alkanes of at least 4 members (excludes halogenated alkanes) is 22. The summed E-state index contributed by atoms with van der Waals surface area (Å²) in [7, 11) is 0. The van der Waals surface area contributed by atoms with E-state index >= 15 is 0 Å². The first-order valence-electron chi connectivity index (χ1n) is 30.2. The molecule has 0 aliphatic rings. The lowest BCUT2D eigenvalue weighted by Gasteiger charge is -2.10. The van der Waals surface area contributed by atoms with E-state index in [1.165, 1.54) is 214 Å². The van der Waals surface area contributed by atoms with E-state index in [2.05, 4.69) is 38.1 Å². The maximum absolute atomic E-state index is 13.1. The van der Waals surface area contributed by atoms with Crippen LogP contribution in [0.2, 0.25) is 5.02 Å². The van der Waals surface area contributed by atoms with Gasteiger partial charge in [-0.1, -0.05) is 233 Å². The van der Waals surface area contributed by atoms with Crippen LogP contribution in [0.3, 0.4) is 0 Å². The first-order chi connectivity index (χ1) is 39.6. The summed E-state index contributed by atoms with van der Waals surface area (Å²) in [5, 5.41) is 0.195. The molecule has 8 nitrogen and oxygen atoms in total. The molecule has 6 aromatic rings. The van der Waals surface area contributed by atoms with Crippen molar-refractivity contribution in [1.29, 1.82) is 0 Å². The lowest BCUT2D eigenvalue weighted by Crippen LogP contribution is -2.09. The maximum atomic E-state index is 13.1. The summed E-state index contributed by atoms with van der Waals surface area (Å²) in [5.41, 5.74) is 6.33. The summed E-state index contributed by atoms with van der Waals surface area (Å²) < 4.78 is 22.3. The first-order valence-corrected chi connectivity index (χ1v) is 30.6. The minimum Gasteiger partial charge on any atom is -0.423 e. The van der Waals surface area contributed by atoms with Gasteiger partial charge in [0, 0.05) is 12.2 Å². The number of rotatable bonds is 37. The molecular formula is C72H85ClO8. The molecule has 0 fully saturated rings. The molecule has 0 N–H and O–H groups in total. The summed E-state index contributed by atoms with van der Waals surface area (Å²) >= 11 is 6.61. The van der Waals surface area contributed by atoms with E-state index in [0.717, 1.165) is 24.0 Å². The number of hydrogen-bond donors (Lipinski definition) is 0. The molecular weight excluding hydrogens is 1030 g/mol. The highest BCUT2D eigenvalue weighted by atomic mass is 35.5. The zero-order chi connectivity index (χ0) is 57.1. The van der Waals surface area contributed by atoms with Crippen LogP contribution in [-0.2, 0) is 22.4 Å². The minimum absolute atomic E-state index is 0.154. The van der Waals surface area contributed by atoms with Gasteiger partial charge in [-0.15, -0.1) is 0 Å². The van der Waals surface area contributed by atoms with E-state index in [-0.39, 0.29) is 27.6 Å². The van der Waals surface area contributed by atoms with Gasteiger partial charge in [0.1, 0.15) is 23.0 Å². The highest BCUT2D eigenvalue weighted by molar-refractivity contribution is 6.32. The Labute approximate surface area is 488 Å². The fourth-order valence-corrected chi connectivity index (χ4v) is 9.92.